The van der Waals surface area contributed by atoms with Gasteiger partial charge in [-0.25, -0.2) is 10.2 Å². The third-order valence-electron chi connectivity index (χ3n) is 5.15. The number of esters is 1. The number of carbonyl (C=O) groups excluding carboxylic acids is 2. The van der Waals surface area contributed by atoms with Gasteiger partial charge < -0.3 is 9.30 Å². The van der Waals surface area contributed by atoms with Gasteiger partial charge in [0.15, 0.2) is 0 Å². The summed E-state index contributed by atoms with van der Waals surface area (Å²) in [6.45, 7) is 1.74. The van der Waals surface area contributed by atoms with Crippen LogP contribution in [0.3, 0.4) is 0 Å². The van der Waals surface area contributed by atoms with Crippen LogP contribution in [-0.2, 0) is 0 Å². The van der Waals surface area contributed by atoms with E-state index in [0.29, 0.717) is 17.0 Å². The van der Waals surface area contributed by atoms with Crippen LogP contribution in [-0.4, -0.2) is 27.1 Å². The molecule has 9 nitrogen and oxygen atoms in total. The van der Waals surface area contributed by atoms with Crippen molar-refractivity contribution in [3.8, 4) is 11.4 Å². The summed E-state index contributed by atoms with van der Waals surface area (Å²) in [5.74, 6) is -0.665. The van der Waals surface area contributed by atoms with Gasteiger partial charge in [-0.15, -0.1) is 0 Å². The molecule has 3 aromatic carbocycles. The van der Waals surface area contributed by atoms with Crippen molar-refractivity contribution < 1.29 is 19.2 Å². The molecule has 1 heterocycles. The van der Waals surface area contributed by atoms with Crippen molar-refractivity contribution in [3.63, 3.8) is 0 Å². The number of carbonyl (C=O) groups is 2. The summed E-state index contributed by atoms with van der Waals surface area (Å²) in [5.41, 5.74) is 5.34. The Balaban J connectivity index is 1.35. The maximum Gasteiger partial charge on any atom is 0.343 e. The van der Waals surface area contributed by atoms with Gasteiger partial charge in [0.2, 0.25) is 0 Å². The van der Waals surface area contributed by atoms with Crippen molar-refractivity contribution in [2.45, 2.75) is 6.92 Å². The highest BCUT2D eigenvalue weighted by molar-refractivity contribution is 6.01. The van der Waals surface area contributed by atoms with Gasteiger partial charge in [-0.2, -0.15) is 5.10 Å². The number of ether oxygens (including phenoxy) is 1. The van der Waals surface area contributed by atoms with E-state index in [1.54, 1.807) is 43.3 Å². The van der Waals surface area contributed by atoms with E-state index in [2.05, 4.69) is 10.5 Å². The molecule has 1 amide bonds. The number of rotatable bonds is 7. The van der Waals surface area contributed by atoms with Crippen LogP contribution >= 0.6 is 0 Å². The van der Waals surface area contributed by atoms with Gasteiger partial charge in [0.05, 0.1) is 16.2 Å². The Morgan fingerprint density at radius 3 is 2.03 bits per heavy atom. The van der Waals surface area contributed by atoms with Crippen LogP contribution in [0.4, 0.5) is 5.69 Å². The fraction of sp³-hybridized carbons (Fsp3) is 0.0385. The number of nitro groups is 1. The Labute approximate surface area is 200 Å². The smallest absolute Gasteiger partial charge is 0.343 e. The van der Waals surface area contributed by atoms with E-state index in [9.17, 15) is 19.7 Å². The van der Waals surface area contributed by atoms with E-state index >= 15 is 0 Å². The number of amides is 1. The van der Waals surface area contributed by atoms with E-state index in [-0.39, 0.29) is 17.2 Å². The molecule has 0 atom stereocenters. The first kappa shape index (κ1) is 23.1. The van der Waals surface area contributed by atoms with Crippen molar-refractivity contribution in [3.05, 3.63) is 124 Å². The minimum atomic E-state index is -0.631. The molecule has 0 saturated heterocycles. The number of hydrazone groups is 1. The van der Waals surface area contributed by atoms with Gasteiger partial charge in [-0.05, 0) is 85.3 Å². The second kappa shape index (κ2) is 10.3. The van der Waals surface area contributed by atoms with Crippen molar-refractivity contribution in [1.82, 2.24) is 9.99 Å². The quantitative estimate of drug-likeness (QED) is 0.138. The summed E-state index contributed by atoms with van der Waals surface area (Å²) in [4.78, 5) is 34.9. The van der Waals surface area contributed by atoms with Crippen LogP contribution in [0.2, 0.25) is 0 Å². The van der Waals surface area contributed by atoms with Gasteiger partial charge in [0.25, 0.3) is 11.6 Å². The molecule has 0 bridgehead atoms. The number of hydrogen-bond donors (Lipinski definition) is 1. The van der Waals surface area contributed by atoms with Crippen LogP contribution in [0.15, 0.2) is 102 Å². The molecule has 0 unspecified atom stereocenters. The molecule has 9 heteroatoms. The molecule has 0 aliphatic heterocycles. The first-order chi connectivity index (χ1) is 16.9. The fourth-order valence-electron chi connectivity index (χ4n) is 3.20. The highest BCUT2D eigenvalue weighted by Crippen LogP contribution is 2.17. The number of nitro benzene ring substituents is 1. The Kier molecular flexibility index (Phi) is 6.78. The molecule has 0 aliphatic carbocycles. The molecule has 0 saturated carbocycles. The number of nitrogens with zero attached hydrogens (tertiary/aromatic N) is 3. The lowest BCUT2D eigenvalue weighted by molar-refractivity contribution is -0.384. The van der Waals surface area contributed by atoms with Gasteiger partial charge in [-0.3, -0.25) is 14.9 Å². The Bertz CT molecular complexity index is 1380. The summed E-state index contributed by atoms with van der Waals surface area (Å²) >= 11 is 0. The minimum Gasteiger partial charge on any atom is -0.423 e. The summed E-state index contributed by atoms with van der Waals surface area (Å²) in [5, 5.41) is 14.9. The highest BCUT2D eigenvalue weighted by Gasteiger charge is 2.12. The van der Waals surface area contributed by atoms with E-state index in [4.69, 9.17) is 4.74 Å². The Morgan fingerprint density at radius 2 is 1.43 bits per heavy atom. The van der Waals surface area contributed by atoms with Gasteiger partial charge in [-0.1, -0.05) is 0 Å². The summed E-state index contributed by atoms with van der Waals surface area (Å²) in [7, 11) is 0. The van der Waals surface area contributed by atoms with E-state index in [1.807, 2.05) is 41.2 Å². The Morgan fingerprint density at radius 1 is 0.857 bits per heavy atom. The predicted octanol–water partition coefficient (Wildman–Crippen LogP) is 4.76. The minimum absolute atomic E-state index is 0.110. The third kappa shape index (κ3) is 5.66. The maximum atomic E-state index is 12.4. The largest absolute Gasteiger partial charge is 0.423 e. The molecule has 0 radical (unpaired) electrons. The second-order valence-corrected chi connectivity index (χ2v) is 7.49. The molecule has 1 N–H and O–H groups in total. The SMILES string of the molecule is CC(=NNC(=O)c1ccc(-n2cccc2)cc1)c1ccc(OC(=O)c2ccc([N+](=O)[O-])cc2)cc1. The molecule has 1 aromatic heterocycles. The first-order valence-electron chi connectivity index (χ1n) is 10.6. The monoisotopic (exact) mass is 468 g/mol. The number of aromatic nitrogens is 1. The van der Waals surface area contributed by atoms with Crippen molar-refractivity contribution >= 4 is 23.3 Å². The number of nitrogens with one attached hydrogen (secondary N) is 1. The molecule has 4 rings (SSSR count). The fourth-order valence-corrected chi connectivity index (χ4v) is 3.20. The zero-order chi connectivity index (χ0) is 24.8. The molecule has 0 fully saturated rings. The van der Waals surface area contributed by atoms with Crippen LogP contribution < -0.4 is 10.2 Å². The molecule has 0 aliphatic rings. The zero-order valence-electron chi connectivity index (χ0n) is 18.6. The number of hydrogen-bond acceptors (Lipinski definition) is 6. The van der Waals surface area contributed by atoms with Crippen LogP contribution in [0, 0.1) is 10.1 Å². The first-order valence-corrected chi connectivity index (χ1v) is 10.6. The van der Waals surface area contributed by atoms with E-state index in [1.165, 1.54) is 24.3 Å². The van der Waals surface area contributed by atoms with E-state index in [0.717, 1.165) is 11.3 Å². The summed E-state index contributed by atoms with van der Waals surface area (Å²) in [6.07, 6.45) is 3.84. The average molecular weight is 468 g/mol. The van der Waals surface area contributed by atoms with E-state index < -0.39 is 10.9 Å². The molecule has 0 spiro atoms. The summed E-state index contributed by atoms with van der Waals surface area (Å²) < 4.78 is 7.25. The molecule has 4 aromatic rings. The molecular formula is C26H20N4O5. The number of non-ortho nitro benzene ring substituents is 1. The van der Waals surface area contributed by atoms with Gasteiger partial charge in [0, 0.05) is 35.8 Å². The average Bonchev–Trinajstić information content (AvgIpc) is 3.43. The zero-order valence-corrected chi connectivity index (χ0v) is 18.6. The topological polar surface area (TPSA) is 116 Å². The standard InChI is InChI=1S/C26H20N4O5/c1-18(27-28-25(31)20-4-10-22(11-5-20)29-16-2-3-17-29)19-8-14-24(15-9-19)35-26(32)21-6-12-23(13-7-21)30(33)34/h2-17H,1H3,(H,28,31). The normalized spacial score (nSPS) is 11.1. The lowest BCUT2D eigenvalue weighted by atomic mass is 10.1. The summed E-state index contributed by atoms with van der Waals surface area (Å²) in [6, 6.07) is 22.8. The van der Waals surface area contributed by atoms with Crippen molar-refractivity contribution in [2.75, 3.05) is 0 Å². The van der Waals surface area contributed by atoms with Crippen LogP contribution in [0.25, 0.3) is 5.69 Å². The predicted molar refractivity (Wildman–Crippen MR) is 130 cm³/mol. The molecule has 35 heavy (non-hydrogen) atoms. The van der Waals surface area contributed by atoms with Gasteiger partial charge in [0.1, 0.15) is 5.75 Å². The molecular weight excluding hydrogens is 448 g/mol. The van der Waals surface area contributed by atoms with Gasteiger partial charge >= 0.3 is 5.97 Å². The lowest BCUT2D eigenvalue weighted by Crippen LogP contribution is -2.19. The second-order valence-electron chi connectivity index (χ2n) is 7.49. The maximum absolute atomic E-state index is 12.4. The van der Waals surface area contributed by atoms with Crippen molar-refractivity contribution in [1.29, 1.82) is 0 Å². The highest BCUT2D eigenvalue weighted by atomic mass is 16.6. The third-order valence-corrected chi connectivity index (χ3v) is 5.15. The lowest BCUT2D eigenvalue weighted by Gasteiger charge is -2.07. The Hall–Kier alpha value is -5.05. The number of benzene rings is 3. The van der Waals surface area contributed by atoms with Crippen molar-refractivity contribution in [2.24, 2.45) is 5.10 Å². The van der Waals surface area contributed by atoms with Crippen LogP contribution in [0.1, 0.15) is 33.2 Å². The van der Waals surface area contributed by atoms with Crippen LogP contribution in [0.5, 0.6) is 5.75 Å². The molecule has 174 valence electrons.